The fraction of sp³-hybridized carbons (Fsp3) is 0.429. The Balaban J connectivity index is 2.35. The van der Waals surface area contributed by atoms with Crippen LogP contribution in [0.2, 0.25) is 0 Å². The number of tetrazole rings is 1. The monoisotopic (exact) mass is 289 g/mol. The molecule has 2 rings (SSSR count). The largest absolute Gasteiger partial charge is 0.481 e. The second kappa shape index (κ2) is 6.45. The molecule has 0 spiro atoms. The molecule has 0 aliphatic carbocycles. The molecule has 3 N–H and O–H groups in total. The van der Waals surface area contributed by atoms with Crippen molar-refractivity contribution in [2.24, 2.45) is 11.1 Å². The number of rotatable bonds is 7. The summed E-state index contributed by atoms with van der Waals surface area (Å²) in [6.45, 7) is 1.99. The zero-order chi connectivity index (χ0) is 15.3. The smallest absolute Gasteiger partial charge is 0.311 e. The second-order valence-electron chi connectivity index (χ2n) is 5.06. The average Bonchev–Trinajstić information content (AvgIpc) is 2.95. The molecule has 0 amide bonds. The molecule has 1 atom stereocenters. The van der Waals surface area contributed by atoms with Crippen molar-refractivity contribution in [3.63, 3.8) is 0 Å². The molecule has 0 aliphatic rings. The van der Waals surface area contributed by atoms with Gasteiger partial charge >= 0.3 is 5.97 Å². The molecule has 1 heterocycles. The van der Waals surface area contributed by atoms with Crippen LogP contribution in [0.25, 0.3) is 5.69 Å². The summed E-state index contributed by atoms with van der Waals surface area (Å²) in [6, 6.07) is 9.38. The lowest BCUT2D eigenvalue weighted by Crippen LogP contribution is -2.41. The fourth-order valence-electron chi connectivity index (χ4n) is 2.40. The van der Waals surface area contributed by atoms with Gasteiger partial charge in [0, 0.05) is 13.0 Å². The number of benzene rings is 1. The summed E-state index contributed by atoms with van der Waals surface area (Å²) in [5.74, 6) is -0.406. The highest BCUT2D eigenvalue weighted by Gasteiger charge is 2.38. The summed E-state index contributed by atoms with van der Waals surface area (Å²) in [5, 5.41) is 21.1. The van der Waals surface area contributed by atoms with Gasteiger partial charge in [0.25, 0.3) is 0 Å². The third kappa shape index (κ3) is 3.08. The van der Waals surface area contributed by atoms with Crippen molar-refractivity contribution in [3.05, 3.63) is 36.2 Å². The lowest BCUT2D eigenvalue weighted by atomic mass is 9.80. The Hall–Kier alpha value is -2.28. The molecule has 0 aliphatic heterocycles. The predicted molar refractivity (Wildman–Crippen MR) is 76.9 cm³/mol. The molecule has 21 heavy (non-hydrogen) atoms. The van der Waals surface area contributed by atoms with Crippen molar-refractivity contribution < 1.29 is 9.90 Å². The van der Waals surface area contributed by atoms with E-state index in [4.69, 9.17) is 5.73 Å². The highest BCUT2D eigenvalue weighted by Crippen LogP contribution is 2.28. The molecular formula is C14H19N5O2. The Labute approximate surface area is 122 Å². The summed E-state index contributed by atoms with van der Waals surface area (Å²) in [6.07, 6.45) is 1.42. The van der Waals surface area contributed by atoms with Gasteiger partial charge in [0.05, 0.1) is 11.1 Å². The molecule has 1 unspecified atom stereocenters. The van der Waals surface area contributed by atoms with Gasteiger partial charge in [-0.1, -0.05) is 31.5 Å². The van der Waals surface area contributed by atoms with E-state index < -0.39 is 11.4 Å². The van der Waals surface area contributed by atoms with Gasteiger partial charge in [-0.3, -0.25) is 4.79 Å². The third-order valence-corrected chi connectivity index (χ3v) is 3.60. The first-order chi connectivity index (χ1) is 10.1. The zero-order valence-electron chi connectivity index (χ0n) is 11.9. The maximum Gasteiger partial charge on any atom is 0.311 e. The Bertz CT molecular complexity index is 598. The molecule has 1 aromatic carbocycles. The minimum absolute atomic E-state index is 0.0534. The van der Waals surface area contributed by atoms with E-state index in [0.717, 1.165) is 12.1 Å². The van der Waals surface area contributed by atoms with Crippen LogP contribution < -0.4 is 5.73 Å². The van der Waals surface area contributed by atoms with Gasteiger partial charge in [-0.05, 0) is 29.0 Å². The quantitative estimate of drug-likeness (QED) is 0.788. The molecule has 7 heteroatoms. The minimum atomic E-state index is -1.03. The number of carboxylic acids is 1. The maximum absolute atomic E-state index is 11.7. The summed E-state index contributed by atoms with van der Waals surface area (Å²) in [5.41, 5.74) is 5.51. The topological polar surface area (TPSA) is 107 Å². The van der Waals surface area contributed by atoms with Crippen LogP contribution in [0.5, 0.6) is 0 Å². The van der Waals surface area contributed by atoms with Gasteiger partial charge in [-0.25, -0.2) is 0 Å². The Kier molecular flexibility index (Phi) is 4.64. The summed E-state index contributed by atoms with van der Waals surface area (Å²) in [4.78, 5) is 11.7. The van der Waals surface area contributed by atoms with Crippen LogP contribution in [0.1, 0.15) is 25.6 Å². The number of carbonyl (C=O) groups is 1. The zero-order valence-corrected chi connectivity index (χ0v) is 11.9. The lowest BCUT2D eigenvalue weighted by Gasteiger charge is -2.26. The van der Waals surface area contributed by atoms with Gasteiger partial charge < -0.3 is 10.8 Å². The van der Waals surface area contributed by atoms with E-state index in [2.05, 4.69) is 15.5 Å². The normalized spacial score (nSPS) is 13.8. The molecule has 0 saturated heterocycles. The summed E-state index contributed by atoms with van der Waals surface area (Å²) in [7, 11) is 0. The van der Waals surface area contributed by atoms with E-state index in [9.17, 15) is 9.90 Å². The summed E-state index contributed by atoms with van der Waals surface area (Å²) < 4.78 is 1.56. The van der Waals surface area contributed by atoms with Gasteiger partial charge in [0.1, 0.15) is 0 Å². The Morgan fingerprint density at radius 2 is 2.10 bits per heavy atom. The van der Waals surface area contributed by atoms with E-state index >= 15 is 0 Å². The Morgan fingerprint density at radius 1 is 1.38 bits per heavy atom. The number of nitrogens with zero attached hydrogens (tertiary/aromatic N) is 4. The first-order valence-electron chi connectivity index (χ1n) is 6.89. The van der Waals surface area contributed by atoms with Crippen LogP contribution in [-0.2, 0) is 11.2 Å². The number of para-hydroxylation sites is 1. The Morgan fingerprint density at radius 3 is 2.67 bits per heavy atom. The summed E-state index contributed by atoms with van der Waals surface area (Å²) >= 11 is 0. The molecule has 7 nitrogen and oxygen atoms in total. The average molecular weight is 289 g/mol. The molecule has 0 bridgehead atoms. The van der Waals surface area contributed by atoms with Gasteiger partial charge in [0.2, 0.25) is 0 Å². The predicted octanol–water partition coefficient (Wildman–Crippen LogP) is 1.03. The van der Waals surface area contributed by atoms with Crippen LogP contribution in [0.3, 0.4) is 0 Å². The van der Waals surface area contributed by atoms with Crippen LogP contribution in [-0.4, -0.2) is 37.8 Å². The molecule has 112 valence electrons. The standard InChI is InChI=1S/C14H19N5O2/c1-2-8-14(10-15,13(20)21)9-12-16-17-18-19(12)11-6-4-3-5-7-11/h3-7H,2,8-10,15H2,1H3,(H,20,21). The van der Waals surface area contributed by atoms with Crippen LogP contribution in [0.4, 0.5) is 0 Å². The number of carboxylic acid groups (broad SMARTS) is 1. The molecule has 0 saturated carbocycles. The molecular weight excluding hydrogens is 270 g/mol. The van der Waals surface area contributed by atoms with Gasteiger partial charge in [-0.2, -0.15) is 4.68 Å². The molecule has 1 aromatic heterocycles. The van der Waals surface area contributed by atoms with Crippen molar-refractivity contribution in [1.82, 2.24) is 20.2 Å². The maximum atomic E-state index is 11.7. The number of aromatic nitrogens is 4. The highest BCUT2D eigenvalue weighted by molar-refractivity contribution is 5.75. The van der Waals surface area contributed by atoms with E-state index in [-0.39, 0.29) is 13.0 Å². The second-order valence-corrected chi connectivity index (χ2v) is 5.06. The lowest BCUT2D eigenvalue weighted by molar-refractivity contribution is -0.149. The van der Waals surface area contributed by atoms with Crippen LogP contribution in [0.15, 0.2) is 30.3 Å². The molecule has 2 aromatic rings. The first-order valence-corrected chi connectivity index (χ1v) is 6.89. The van der Waals surface area contributed by atoms with E-state index in [1.807, 2.05) is 37.3 Å². The third-order valence-electron chi connectivity index (χ3n) is 3.60. The molecule has 0 radical (unpaired) electrons. The molecule has 0 fully saturated rings. The van der Waals surface area contributed by atoms with Gasteiger partial charge in [0.15, 0.2) is 5.82 Å². The SMILES string of the molecule is CCCC(CN)(Cc1nnnn1-c1ccccc1)C(=O)O. The van der Waals surface area contributed by atoms with E-state index in [0.29, 0.717) is 12.2 Å². The van der Waals surface area contributed by atoms with Crippen molar-refractivity contribution in [3.8, 4) is 5.69 Å². The number of hydrogen-bond donors (Lipinski definition) is 2. The van der Waals surface area contributed by atoms with Crippen molar-refractivity contribution in [2.45, 2.75) is 26.2 Å². The van der Waals surface area contributed by atoms with Crippen molar-refractivity contribution >= 4 is 5.97 Å². The minimum Gasteiger partial charge on any atom is -0.481 e. The number of nitrogens with two attached hydrogens (primary N) is 1. The number of aliphatic carboxylic acids is 1. The fourth-order valence-corrected chi connectivity index (χ4v) is 2.40. The van der Waals surface area contributed by atoms with Gasteiger partial charge in [-0.15, -0.1) is 5.10 Å². The van der Waals surface area contributed by atoms with Crippen LogP contribution in [0, 0.1) is 5.41 Å². The number of hydrogen-bond acceptors (Lipinski definition) is 5. The highest BCUT2D eigenvalue weighted by atomic mass is 16.4. The first kappa shape index (κ1) is 15.1. The van der Waals surface area contributed by atoms with Crippen molar-refractivity contribution in [2.75, 3.05) is 6.54 Å². The van der Waals surface area contributed by atoms with E-state index in [1.54, 1.807) is 4.68 Å². The van der Waals surface area contributed by atoms with Crippen LogP contribution >= 0.6 is 0 Å². The van der Waals surface area contributed by atoms with Crippen molar-refractivity contribution in [1.29, 1.82) is 0 Å². The van der Waals surface area contributed by atoms with E-state index in [1.165, 1.54) is 0 Å².